The smallest absolute Gasteiger partial charge is 0.267 e. The molecule has 5 aromatic rings. The number of benzene rings is 2. The molecule has 0 fully saturated rings. The number of hydrogen-bond donors (Lipinski definition) is 3. The van der Waals surface area contributed by atoms with Crippen molar-refractivity contribution in [2.45, 2.75) is 12.7 Å². The van der Waals surface area contributed by atoms with E-state index >= 15 is 0 Å². The number of aliphatic hydroxyl groups is 1. The SMILES string of the molecule is O=c1c2cn[nH]c2c2cnc(NCC3COc4ccccc4O3)nc2n1-c1ccccc1CO. The molecule has 1 aliphatic heterocycles. The number of fused-ring (bicyclic) bond motifs is 4. The molecular weight excluding hydrogens is 436 g/mol. The average Bonchev–Trinajstić information content (AvgIpc) is 3.38. The van der Waals surface area contributed by atoms with E-state index in [-0.39, 0.29) is 18.3 Å². The zero-order chi connectivity index (χ0) is 23.1. The number of pyridine rings is 1. The van der Waals surface area contributed by atoms with Crippen LogP contribution in [0.25, 0.3) is 27.6 Å². The molecule has 0 spiro atoms. The van der Waals surface area contributed by atoms with Gasteiger partial charge in [0, 0.05) is 11.8 Å². The van der Waals surface area contributed by atoms with Crippen molar-refractivity contribution in [2.24, 2.45) is 0 Å². The van der Waals surface area contributed by atoms with Crippen LogP contribution in [0.5, 0.6) is 11.5 Å². The first-order valence-electron chi connectivity index (χ1n) is 10.8. The Morgan fingerprint density at radius 2 is 1.91 bits per heavy atom. The number of H-pyrrole nitrogens is 1. The molecule has 3 aromatic heterocycles. The Kier molecular flexibility index (Phi) is 4.84. The van der Waals surface area contributed by atoms with E-state index in [0.717, 1.165) is 5.75 Å². The first-order valence-corrected chi connectivity index (χ1v) is 10.8. The molecule has 0 bridgehead atoms. The van der Waals surface area contributed by atoms with Gasteiger partial charge in [0.2, 0.25) is 5.95 Å². The number of nitrogens with one attached hydrogen (secondary N) is 2. The lowest BCUT2D eigenvalue weighted by atomic mass is 10.1. The monoisotopic (exact) mass is 456 g/mol. The second-order valence-corrected chi connectivity index (χ2v) is 7.90. The summed E-state index contributed by atoms with van der Waals surface area (Å²) >= 11 is 0. The van der Waals surface area contributed by atoms with E-state index in [1.807, 2.05) is 36.4 Å². The highest BCUT2D eigenvalue weighted by atomic mass is 16.6. The van der Waals surface area contributed by atoms with Gasteiger partial charge < -0.3 is 19.9 Å². The van der Waals surface area contributed by atoms with Gasteiger partial charge >= 0.3 is 0 Å². The fourth-order valence-corrected chi connectivity index (χ4v) is 4.13. The Bertz CT molecular complexity index is 1580. The van der Waals surface area contributed by atoms with Gasteiger partial charge in [0.05, 0.1) is 41.3 Å². The zero-order valence-electron chi connectivity index (χ0n) is 17.9. The third-order valence-electron chi connectivity index (χ3n) is 5.78. The molecule has 0 amide bonds. The second-order valence-electron chi connectivity index (χ2n) is 7.90. The van der Waals surface area contributed by atoms with Crippen LogP contribution in [-0.2, 0) is 6.61 Å². The van der Waals surface area contributed by atoms with Crippen molar-refractivity contribution in [1.29, 1.82) is 0 Å². The summed E-state index contributed by atoms with van der Waals surface area (Å²) in [6.07, 6.45) is 2.90. The predicted octanol–water partition coefficient (Wildman–Crippen LogP) is 2.40. The molecule has 0 saturated heterocycles. The lowest BCUT2D eigenvalue weighted by molar-refractivity contribution is 0.0996. The van der Waals surface area contributed by atoms with Gasteiger partial charge in [-0.05, 0) is 18.2 Å². The van der Waals surface area contributed by atoms with Crippen LogP contribution in [0.15, 0.2) is 65.7 Å². The first-order chi connectivity index (χ1) is 16.7. The van der Waals surface area contributed by atoms with Crippen molar-refractivity contribution in [3.8, 4) is 17.2 Å². The van der Waals surface area contributed by atoms with Crippen LogP contribution in [0.2, 0.25) is 0 Å². The number of ether oxygens (including phenoxy) is 2. The summed E-state index contributed by atoms with van der Waals surface area (Å²) in [6, 6.07) is 14.7. The fourth-order valence-electron chi connectivity index (χ4n) is 4.13. The largest absolute Gasteiger partial charge is 0.486 e. The number of hydrogen-bond acceptors (Lipinski definition) is 8. The van der Waals surface area contributed by atoms with Gasteiger partial charge in [0.25, 0.3) is 5.56 Å². The summed E-state index contributed by atoms with van der Waals surface area (Å²) in [7, 11) is 0. The molecule has 34 heavy (non-hydrogen) atoms. The topological polar surface area (TPSA) is 127 Å². The number of nitrogens with zero attached hydrogens (tertiary/aromatic N) is 4. The summed E-state index contributed by atoms with van der Waals surface area (Å²) in [5, 5.41) is 21.0. The van der Waals surface area contributed by atoms with Crippen molar-refractivity contribution in [3.63, 3.8) is 0 Å². The fraction of sp³-hybridized carbons (Fsp3) is 0.167. The molecule has 1 unspecified atom stereocenters. The van der Waals surface area contributed by atoms with Gasteiger partial charge in [0.1, 0.15) is 12.7 Å². The number of rotatable bonds is 5. The number of aromatic nitrogens is 5. The van der Waals surface area contributed by atoms with E-state index in [4.69, 9.17) is 9.47 Å². The highest BCUT2D eigenvalue weighted by Gasteiger charge is 2.22. The maximum Gasteiger partial charge on any atom is 0.267 e. The number of aromatic amines is 1. The normalized spacial score (nSPS) is 15.0. The molecule has 10 heteroatoms. The Labute approximate surface area is 192 Å². The van der Waals surface area contributed by atoms with Gasteiger partial charge in [-0.15, -0.1) is 0 Å². The van der Waals surface area contributed by atoms with E-state index in [0.29, 0.717) is 58.0 Å². The van der Waals surface area contributed by atoms with Gasteiger partial charge in [-0.2, -0.15) is 10.1 Å². The molecule has 4 heterocycles. The van der Waals surface area contributed by atoms with Gasteiger partial charge in [-0.25, -0.2) is 4.98 Å². The minimum Gasteiger partial charge on any atom is -0.486 e. The van der Waals surface area contributed by atoms with Crippen molar-refractivity contribution in [1.82, 2.24) is 24.7 Å². The average molecular weight is 456 g/mol. The van der Waals surface area contributed by atoms with Gasteiger partial charge in [-0.3, -0.25) is 14.5 Å². The zero-order valence-corrected chi connectivity index (χ0v) is 17.9. The van der Waals surface area contributed by atoms with Crippen molar-refractivity contribution < 1.29 is 14.6 Å². The lowest BCUT2D eigenvalue weighted by Gasteiger charge is -2.26. The maximum absolute atomic E-state index is 13.4. The van der Waals surface area contributed by atoms with Crippen LogP contribution in [0.1, 0.15) is 5.56 Å². The summed E-state index contributed by atoms with van der Waals surface area (Å²) in [5.74, 6) is 1.75. The number of anilines is 1. The van der Waals surface area contributed by atoms with E-state index in [1.54, 1.807) is 18.3 Å². The molecule has 1 aliphatic rings. The van der Waals surface area contributed by atoms with Crippen LogP contribution >= 0.6 is 0 Å². The molecule has 10 nitrogen and oxygen atoms in total. The Morgan fingerprint density at radius 3 is 2.79 bits per heavy atom. The maximum atomic E-state index is 13.4. The Morgan fingerprint density at radius 1 is 1.09 bits per heavy atom. The van der Waals surface area contributed by atoms with E-state index in [1.165, 1.54) is 10.8 Å². The Hall–Kier alpha value is -4.44. The quantitative estimate of drug-likeness (QED) is 0.368. The molecule has 2 aromatic carbocycles. The predicted molar refractivity (Wildman–Crippen MR) is 126 cm³/mol. The van der Waals surface area contributed by atoms with Gasteiger partial charge in [0.15, 0.2) is 17.1 Å². The third kappa shape index (κ3) is 3.32. The summed E-state index contributed by atoms with van der Waals surface area (Å²) in [6.45, 7) is 0.578. The van der Waals surface area contributed by atoms with Crippen molar-refractivity contribution in [3.05, 3.63) is 76.8 Å². The highest BCUT2D eigenvalue weighted by molar-refractivity contribution is 6.02. The van der Waals surface area contributed by atoms with Crippen molar-refractivity contribution in [2.75, 3.05) is 18.5 Å². The molecule has 170 valence electrons. The molecule has 6 rings (SSSR count). The molecule has 1 atom stereocenters. The highest BCUT2D eigenvalue weighted by Crippen LogP contribution is 2.31. The molecule has 0 saturated carbocycles. The van der Waals surface area contributed by atoms with E-state index in [9.17, 15) is 9.90 Å². The van der Waals surface area contributed by atoms with Crippen LogP contribution in [0.4, 0.5) is 5.95 Å². The Balaban J connectivity index is 1.40. The molecule has 0 aliphatic carbocycles. The lowest BCUT2D eigenvalue weighted by Crippen LogP contribution is -2.35. The molecule has 3 N–H and O–H groups in total. The van der Waals surface area contributed by atoms with Crippen LogP contribution in [-0.4, -0.2) is 49.1 Å². The van der Waals surface area contributed by atoms with E-state index in [2.05, 4.69) is 25.5 Å². The number of para-hydroxylation sites is 3. The molecular formula is C24H20N6O4. The van der Waals surface area contributed by atoms with E-state index < -0.39 is 0 Å². The third-order valence-corrected chi connectivity index (χ3v) is 5.78. The minimum atomic E-state index is -0.289. The summed E-state index contributed by atoms with van der Waals surface area (Å²) in [4.78, 5) is 22.5. The first kappa shape index (κ1) is 20.2. The van der Waals surface area contributed by atoms with Crippen LogP contribution in [0.3, 0.4) is 0 Å². The van der Waals surface area contributed by atoms with Crippen LogP contribution in [0, 0.1) is 0 Å². The van der Waals surface area contributed by atoms with Crippen LogP contribution < -0.4 is 20.3 Å². The molecule has 0 radical (unpaired) electrons. The second kappa shape index (κ2) is 8.16. The summed E-state index contributed by atoms with van der Waals surface area (Å²) < 4.78 is 13.2. The number of aliphatic hydroxyl groups excluding tert-OH is 1. The van der Waals surface area contributed by atoms with Gasteiger partial charge in [-0.1, -0.05) is 30.3 Å². The van der Waals surface area contributed by atoms with Crippen molar-refractivity contribution >= 4 is 27.9 Å². The summed E-state index contributed by atoms with van der Waals surface area (Å²) in [5.41, 5.74) is 1.82. The standard InChI is InChI=1S/C24H20N6O4/c31-12-14-5-1-2-6-18(14)30-22-16(21-17(23(30)32)11-27-29-21)10-26-24(28-22)25-9-15-13-33-19-7-3-4-8-20(19)34-15/h1-8,10-11,15,31H,9,12-13H2,(H,27,29)(H,25,26,28). The minimum absolute atomic E-state index is 0.218.